The number of nitrogens with one attached hydrogen (secondary N) is 1. The number of rotatable bonds is 5. The predicted octanol–water partition coefficient (Wildman–Crippen LogP) is 2.52. The van der Waals surface area contributed by atoms with Crippen LogP contribution in [0.15, 0.2) is 0 Å². The van der Waals surface area contributed by atoms with E-state index < -0.39 is 6.43 Å². The fourth-order valence-electron chi connectivity index (χ4n) is 1.77. The van der Waals surface area contributed by atoms with Crippen molar-refractivity contribution >= 4 is 11.8 Å². The summed E-state index contributed by atoms with van der Waals surface area (Å²) in [7, 11) is 0. The summed E-state index contributed by atoms with van der Waals surface area (Å²) < 4.78 is 23.7. The van der Waals surface area contributed by atoms with Gasteiger partial charge in [0.25, 0.3) is 6.43 Å². The first-order chi connectivity index (χ1) is 6.22. The molecular weight excluding hydrogens is 192 g/mol. The highest BCUT2D eigenvalue weighted by Gasteiger charge is 2.24. The molecule has 0 aromatic heterocycles. The van der Waals surface area contributed by atoms with Gasteiger partial charge in [0.2, 0.25) is 0 Å². The number of thioether (sulfide) groups is 1. The van der Waals surface area contributed by atoms with E-state index in [0.29, 0.717) is 11.3 Å². The number of hydrogen-bond acceptors (Lipinski definition) is 2. The maximum Gasteiger partial charge on any atom is 0.250 e. The van der Waals surface area contributed by atoms with E-state index in [1.54, 1.807) is 0 Å². The Hall–Kier alpha value is 0.170. The topological polar surface area (TPSA) is 12.0 Å². The van der Waals surface area contributed by atoms with Crippen molar-refractivity contribution in [3.05, 3.63) is 0 Å². The lowest BCUT2D eigenvalue weighted by Crippen LogP contribution is -2.31. The van der Waals surface area contributed by atoms with Crippen molar-refractivity contribution in [2.24, 2.45) is 0 Å². The second-order valence-corrected chi connectivity index (χ2v) is 4.96. The molecule has 1 N–H and O–H groups in total. The van der Waals surface area contributed by atoms with Gasteiger partial charge < -0.3 is 5.32 Å². The molecule has 2 atom stereocenters. The smallest absolute Gasteiger partial charge is 0.250 e. The number of hydrogen-bond donors (Lipinski definition) is 1. The highest BCUT2D eigenvalue weighted by molar-refractivity contribution is 7.99. The van der Waals surface area contributed by atoms with Gasteiger partial charge in [0.15, 0.2) is 0 Å². The molecular formula is C9H17F2NS. The minimum atomic E-state index is -2.21. The molecule has 0 spiro atoms. The van der Waals surface area contributed by atoms with Crippen LogP contribution in [0, 0.1) is 0 Å². The lowest BCUT2D eigenvalue weighted by atomic mass is 10.2. The standard InChI is InChI=1S/C9H17F2NS/c1-2-13-8-4-3-7(5-8)12-6-9(10)11/h7-9,12H,2-6H2,1H3. The van der Waals surface area contributed by atoms with Crippen LogP contribution < -0.4 is 5.32 Å². The first-order valence-corrected chi connectivity index (χ1v) is 5.90. The van der Waals surface area contributed by atoms with Crippen LogP contribution >= 0.6 is 11.8 Å². The first-order valence-electron chi connectivity index (χ1n) is 4.85. The zero-order valence-corrected chi connectivity index (χ0v) is 8.75. The molecule has 0 aromatic carbocycles. The number of halogens is 2. The van der Waals surface area contributed by atoms with Gasteiger partial charge in [0, 0.05) is 11.3 Å². The molecule has 0 aromatic rings. The molecule has 0 saturated heterocycles. The van der Waals surface area contributed by atoms with Crippen molar-refractivity contribution in [3.63, 3.8) is 0 Å². The second-order valence-electron chi connectivity index (χ2n) is 3.39. The summed E-state index contributed by atoms with van der Waals surface area (Å²) >= 11 is 1.95. The summed E-state index contributed by atoms with van der Waals surface area (Å²) in [4.78, 5) is 0. The molecule has 0 bridgehead atoms. The van der Waals surface area contributed by atoms with Gasteiger partial charge in [-0.15, -0.1) is 0 Å². The van der Waals surface area contributed by atoms with Crippen LogP contribution in [0.5, 0.6) is 0 Å². The fourth-order valence-corrected chi connectivity index (χ4v) is 2.91. The van der Waals surface area contributed by atoms with Crippen LogP contribution in [0.3, 0.4) is 0 Å². The summed E-state index contributed by atoms with van der Waals surface area (Å²) in [5.41, 5.74) is 0. The molecule has 0 radical (unpaired) electrons. The van der Waals surface area contributed by atoms with Crippen LogP contribution in [-0.4, -0.2) is 30.0 Å². The van der Waals surface area contributed by atoms with Gasteiger partial charge >= 0.3 is 0 Å². The van der Waals surface area contributed by atoms with E-state index >= 15 is 0 Å². The molecule has 1 nitrogen and oxygen atoms in total. The first kappa shape index (κ1) is 11.2. The van der Waals surface area contributed by atoms with Crippen molar-refractivity contribution in [3.8, 4) is 0 Å². The Morgan fingerprint density at radius 1 is 1.46 bits per heavy atom. The van der Waals surface area contributed by atoms with Crippen LogP contribution in [-0.2, 0) is 0 Å². The average molecular weight is 209 g/mol. The molecule has 13 heavy (non-hydrogen) atoms. The quantitative estimate of drug-likeness (QED) is 0.746. The van der Waals surface area contributed by atoms with Crippen molar-refractivity contribution in [1.29, 1.82) is 0 Å². The third kappa shape index (κ3) is 4.27. The van der Waals surface area contributed by atoms with Gasteiger partial charge in [-0.1, -0.05) is 6.92 Å². The average Bonchev–Trinajstić information content (AvgIpc) is 2.50. The summed E-state index contributed by atoms with van der Waals surface area (Å²) in [5.74, 6) is 1.13. The van der Waals surface area contributed by atoms with Crippen molar-refractivity contribution in [2.75, 3.05) is 12.3 Å². The molecule has 0 heterocycles. The summed E-state index contributed by atoms with van der Waals surface area (Å²) in [6, 6.07) is 0.332. The maximum absolute atomic E-state index is 11.9. The second kappa shape index (κ2) is 5.81. The van der Waals surface area contributed by atoms with E-state index in [1.165, 1.54) is 6.42 Å². The van der Waals surface area contributed by atoms with E-state index in [2.05, 4.69) is 12.2 Å². The normalized spacial score (nSPS) is 28.6. The zero-order valence-electron chi connectivity index (χ0n) is 7.93. The molecule has 4 heteroatoms. The van der Waals surface area contributed by atoms with Crippen LogP contribution in [0.1, 0.15) is 26.2 Å². The highest BCUT2D eigenvalue weighted by atomic mass is 32.2. The van der Waals surface area contributed by atoms with E-state index in [-0.39, 0.29) is 6.54 Å². The maximum atomic E-state index is 11.9. The molecule has 1 aliphatic rings. The Morgan fingerprint density at radius 2 is 2.23 bits per heavy atom. The molecule has 1 rings (SSSR count). The van der Waals surface area contributed by atoms with E-state index in [4.69, 9.17) is 0 Å². The predicted molar refractivity (Wildman–Crippen MR) is 53.6 cm³/mol. The minimum absolute atomic E-state index is 0.145. The highest BCUT2D eigenvalue weighted by Crippen LogP contribution is 2.29. The summed E-state index contributed by atoms with van der Waals surface area (Å²) in [6.07, 6.45) is 1.09. The van der Waals surface area contributed by atoms with E-state index in [0.717, 1.165) is 18.6 Å². The Labute approximate surface area is 82.7 Å². The van der Waals surface area contributed by atoms with Gasteiger partial charge in [-0.25, -0.2) is 8.78 Å². The third-order valence-corrected chi connectivity index (χ3v) is 3.58. The van der Waals surface area contributed by atoms with Gasteiger partial charge in [0.1, 0.15) is 0 Å². The van der Waals surface area contributed by atoms with E-state index in [9.17, 15) is 8.78 Å². The van der Waals surface area contributed by atoms with Gasteiger partial charge in [0.05, 0.1) is 6.54 Å². The Morgan fingerprint density at radius 3 is 2.85 bits per heavy atom. The third-order valence-electron chi connectivity index (χ3n) is 2.35. The lowest BCUT2D eigenvalue weighted by molar-refractivity contribution is 0.141. The largest absolute Gasteiger partial charge is 0.309 e. The van der Waals surface area contributed by atoms with Gasteiger partial charge in [-0.2, -0.15) is 11.8 Å². The van der Waals surface area contributed by atoms with Crippen molar-refractivity contribution in [2.45, 2.75) is 43.9 Å². The van der Waals surface area contributed by atoms with Crippen LogP contribution in [0.4, 0.5) is 8.78 Å². The Bertz CT molecular complexity index is 144. The zero-order chi connectivity index (χ0) is 9.68. The minimum Gasteiger partial charge on any atom is -0.309 e. The van der Waals surface area contributed by atoms with Gasteiger partial charge in [-0.05, 0) is 25.0 Å². The molecule has 1 saturated carbocycles. The molecule has 0 aliphatic heterocycles. The molecule has 1 fully saturated rings. The fraction of sp³-hybridized carbons (Fsp3) is 1.00. The molecule has 2 unspecified atom stereocenters. The number of alkyl halides is 2. The summed E-state index contributed by atoms with van der Waals surface area (Å²) in [6.45, 7) is 2.00. The van der Waals surface area contributed by atoms with Crippen LogP contribution in [0.2, 0.25) is 0 Å². The molecule has 1 aliphatic carbocycles. The van der Waals surface area contributed by atoms with E-state index in [1.807, 2.05) is 11.8 Å². The van der Waals surface area contributed by atoms with Crippen molar-refractivity contribution < 1.29 is 8.78 Å². The van der Waals surface area contributed by atoms with Crippen LogP contribution in [0.25, 0.3) is 0 Å². The summed E-state index contributed by atoms with van der Waals surface area (Å²) in [5, 5.41) is 3.60. The van der Waals surface area contributed by atoms with Crippen molar-refractivity contribution in [1.82, 2.24) is 5.32 Å². The van der Waals surface area contributed by atoms with Gasteiger partial charge in [-0.3, -0.25) is 0 Å². The Balaban J connectivity index is 2.10. The lowest BCUT2D eigenvalue weighted by Gasteiger charge is -2.12. The monoisotopic (exact) mass is 209 g/mol. The molecule has 0 amide bonds. The molecule has 78 valence electrons. The Kier molecular flexibility index (Phi) is 5.02. The SMILES string of the molecule is CCSC1CCC(NCC(F)F)C1.